The van der Waals surface area contributed by atoms with Crippen molar-refractivity contribution in [2.45, 2.75) is 58.0 Å². The fourth-order valence-electron chi connectivity index (χ4n) is 4.23. The minimum Gasteiger partial charge on any atom is -0.349 e. The fraction of sp³-hybridized carbons (Fsp3) is 0.360. The molecule has 1 aliphatic rings. The number of nitrogens with zero attached hydrogens (tertiary/aromatic N) is 2. The molecule has 1 fully saturated rings. The van der Waals surface area contributed by atoms with Crippen LogP contribution >= 0.6 is 11.6 Å². The van der Waals surface area contributed by atoms with Gasteiger partial charge in [-0.1, -0.05) is 43.0 Å². The van der Waals surface area contributed by atoms with Crippen molar-refractivity contribution in [3.8, 4) is 0 Å². The van der Waals surface area contributed by atoms with E-state index in [2.05, 4.69) is 15.6 Å². The van der Waals surface area contributed by atoms with Gasteiger partial charge in [0.05, 0.1) is 27.8 Å². The Labute approximate surface area is 197 Å². The molecule has 2 N–H and O–H groups in total. The highest BCUT2D eigenvalue weighted by Crippen LogP contribution is 2.23. The smallest absolute Gasteiger partial charge is 0.261 e. The number of anilines is 1. The summed E-state index contributed by atoms with van der Waals surface area (Å²) in [5.74, 6) is -0.501. The summed E-state index contributed by atoms with van der Waals surface area (Å²) >= 11 is 6.24. The summed E-state index contributed by atoms with van der Waals surface area (Å²) in [7, 11) is 0. The van der Waals surface area contributed by atoms with Gasteiger partial charge in [0.1, 0.15) is 0 Å². The average Bonchev–Trinajstić information content (AvgIpc) is 2.81. The molecule has 3 aromatic rings. The minimum atomic E-state index is -0.271. The number of aryl methyl sites for hydroxylation is 2. The van der Waals surface area contributed by atoms with Crippen LogP contribution in [0.25, 0.3) is 10.9 Å². The Balaban J connectivity index is 1.40. The number of fused-ring (bicyclic) bond motifs is 1. The van der Waals surface area contributed by atoms with Gasteiger partial charge in [0.2, 0.25) is 5.91 Å². The van der Waals surface area contributed by atoms with E-state index in [9.17, 15) is 14.4 Å². The summed E-state index contributed by atoms with van der Waals surface area (Å²) in [6, 6.07) is 10.5. The average molecular weight is 467 g/mol. The highest BCUT2D eigenvalue weighted by Gasteiger charge is 2.19. The van der Waals surface area contributed by atoms with Crippen LogP contribution in [0.3, 0.4) is 0 Å². The van der Waals surface area contributed by atoms with Crippen LogP contribution in [0.2, 0.25) is 5.02 Å². The van der Waals surface area contributed by atoms with E-state index in [1.165, 1.54) is 17.3 Å². The first-order chi connectivity index (χ1) is 15.9. The Hall–Kier alpha value is -3.19. The number of aromatic nitrogens is 2. The Morgan fingerprint density at radius 3 is 2.73 bits per heavy atom. The third-order valence-electron chi connectivity index (χ3n) is 6.07. The van der Waals surface area contributed by atoms with E-state index < -0.39 is 0 Å². The van der Waals surface area contributed by atoms with Crippen molar-refractivity contribution < 1.29 is 9.59 Å². The summed E-state index contributed by atoms with van der Waals surface area (Å²) in [4.78, 5) is 42.3. The largest absolute Gasteiger partial charge is 0.349 e. The molecule has 0 bridgehead atoms. The number of para-hydroxylation sites is 1. The van der Waals surface area contributed by atoms with Gasteiger partial charge in [-0.15, -0.1) is 0 Å². The van der Waals surface area contributed by atoms with E-state index >= 15 is 0 Å². The molecule has 1 heterocycles. The molecule has 1 aliphatic carbocycles. The summed E-state index contributed by atoms with van der Waals surface area (Å²) in [5.41, 5.74) is 2.25. The summed E-state index contributed by atoms with van der Waals surface area (Å²) in [6.45, 7) is 2.10. The zero-order valence-corrected chi connectivity index (χ0v) is 19.3. The van der Waals surface area contributed by atoms with Crippen LogP contribution in [-0.2, 0) is 11.3 Å². The van der Waals surface area contributed by atoms with E-state index in [1.54, 1.807) is 24.3 Å². The molecule has 0 aliphatic heterocycles. The van der Waals surface area contributed by atoms with Gasteiger partial charge in [-0.3, -0.25) is 19.0 Å². The standard InChI is InChI=1S/C25H27ClN4O3/c1-16-6-5-9-19-23(16)27-15-30(25(19)33)13-12-22(31)28-18-10-11-21(26)20(14-18)24(32)29-17-7-3-2-4-8-17/h5-6,9-11,14-15,17H,2-4,7-8,12-13H2,1H3,(H,28,31)(H,29,32). The zero-order chi connectivity index (χ0) is 23.4. The predicted molar refractivity (Wildman–Crippen MR) is 130 cm³/mol. The van der Waals surface area contributed by atoms with Crippen molar-refractivity contribution in [3.63, 3.8) is 0 Å². The predicted octanol–water partition coefficient (Wildman–Crippen LogP) is 4.45. The van der Waals surface area contributed by atoms with E-state index in [0.717, 1.165) is 31.2 Å². The molecule has 1 aromatic heterocycles. The summed E-state index contributed by atoms with van der Waals surface area (Å²) in [5, 5.41) is 6.71. The van der Waals surface area contributed by atoms with Crippen LogP contribution in [0.15, 0.2) is 47.5 Å². The van der Waals surface area contributed by atoms with Crippen molar-refractivity contribution in [2.75, 3.05) is 5.32 Å². The highest BCUT2D eigenvalue weighted by atomic mass is 35.5. The molecular weight excluding hydrogens is 440 g/mol. The Morgan fingerprint density at radius 2 is 1.94 bits per heavy atom. The van der Waals surface area contributed by atoms with Gasteiger partial charge in [-0.25, -0.2) is 4.98 Å². The Kier molecular flexibility index (Phi) is 7.08. The van der Waals surface area contributed by atoms with E-state index in [4.69, 9.17) is 11.6 Å². The number of hydrogen-bond donors (Lipinski definition) is 2. The molecule has 2 amide bonds. The van der Waals surface area contributed by atoms with Crippen molar-refractivity contribution in [2.24, 2.45) is 0 Å². The number of hydrogen-bond acceptors (Lipinski definition) is 4. The van der Waals surface area contributed by atoms with Crippen LogP contribution < -0.4 is 16.2 Å². The molecular formula is C25H27ClN4O3. The number of benzene rings is 2. The number of nitrogens with one attached hydrogen (secondary N) is 2. The first-order valence-electron chi connectivity index (χ1n) is 11.3. The third kappa shape index (κ3) is 5.42. The minimum absolute atomic E-state index is 0.0884. The third-order valence-corrected chi connectivity index (χ3v) is 6.40. The molecule has 4 rings (SSSR count). The van der Waals surface area contributed by atoms with E-state index in [-0.39, 0.29) is 36.4 Å². The molecule has 7 nitrogen and oxygen atoms in total. The molecule has 8 heteroatoms. The molecule has 0 atom stereocenters. The van der Waals surface area contributed by atoms with E-state index in [0.29, 0.717) is 27.2 Å². The van der Waals surface area contributed by atoms with Gasteiger partial charge in [0, 0.05) is 24.7 Å². The molecule has 1 saturated carbocycles. The molecule has 0 unspecified atom stereocenters. The van der Waals surface area contributed by atoms with Crippen LogP contribution in [0.5, 0.6) is 0 Å². The SMILES string of the molecule is Cc1cccc2c(=O)n(CCC(=O)Nc3ccc(Cl)c(C(=O)NC4CCCCC4)c3)cnc12. The first-order valence-corrected chi connectivity index (χ1v) is 11.6. The molecule has 172 valence electrons. The van der Waals surface area contributed by atoms with E-state index in [1.807, 2.05) is 19.1 Å². The number of carbonyl (C=O) groups is 2. The second-order valence-electron chi connectivity index (χ2n) is 8.52. The quantitative estimate of drug-likeness (QED) is 0.561. The van der Waals surface area contributed by atoms with Crippen molar-refractivity contribution in [3.05, 3.63) is 69.2 Å². The van der Waals surface area contributed by atoms with Crippen molar-refractivity contribution in [1.82, 2.24) is 14.9 Å². The number of rotatable bonds is 6. The zero-order valence-electron chi connectivity index (χ0n) is 18.6. The summed E-state index contributed by atoms with van der Waals surface area (Å²) < 4.78 is 1.44. The Morgan fingerprint density at radius 1 is 1.15 bits per heavy atom. The van der Waals surface area contributed by atoms with Crippen LogP contribution in [0.1, 0.15) is 54.4 Å². The topological polar surface area (TPSA) is 93.1 Å². The van der Waals surface area contributed by atoms with Crippen LogP contribution in [0.4, 0.5) is 5.69 Å². The number of halogens is 1. The second-order valence-corrected chi connectivity index (χ2v) is 8.92. The number of amides is 2. The normalized spacial score (nSPS) is 14.2. The van der Waals surface area contributed by atoms with Gasteiger partial charge < -0.3 is 10.6 Å². The molecule has 2 aromatic carbocycles. The Bertz CT molecular complexity index is 1250. The van der Waals surface area contributed by atoms with Crippen LogP contribution in [-0.4, -0.2) is 27.4 Å². The lowest BCUT2D eigenvalue weighted by atomic mass is 9.95. The first kappa shape index (κ1) is 23.0. The molecule has 33 heavy (non-hydrogen) atoms. The van der Waals surface area contributed by atoms with Crippen LogP contribution in [0, 0.1) is 6.92 Å². The lowest BCUT2D eigenvalue weighted by Crippen LogP contribution is -2.36. The maximum atomic E-state index is 12.7. The summed E-state index contributed by atoms with van der Waals surface area (Å²) in [6.07, 6.45) is 6.95. The lowest BCUT2D eigenvalue weighted by molar-refractivity contribution is -0.116. The molecule has 0 spiro atoms. The van der Waals surface area contributed by atoms with Crippen molar-refractivity contribution >= 4 is 40.0 Å². The maximum absolute atomic E-state index is 12.7. The molecule has 0 radical (unpaired) electrons. The van der Waals surface area contributed by atoms with Gasteiger partial charge >= 0.3 is 0 Å². The fourth-order valence-corrected chi connectivity index (χ4v) is 4.43. The number of carbonyl (C=O) groups excluding carboxylic acids is 2. The van der Waals surface area contributed by atoms with Gasteiger partial charge in [0.15, 0.2) is 0 Å². The van der Waals surface area contributed by atoms with Gasteiger partial charge in [-0.2, -0.15) is 0 Å². The maximum Gasteiger partial charge on any atom is 0.261 e. The second kappa shape index (κ2) is 10.2. The molecule has 0 saturated heterocycles. The monoisotopic (exact) mass is 466 g/mol. The van der Waals surface area contributed by atoms with Crippen molar-refractivity contribution in [1.29, 1.82) is 0 Å². The highest BCUT2D eigenvalue weighted by molar-refractivity contribution is 6.34. The van der Waals surface area contributed by atoms with Gasteiger partial charge in [0.25, 0.3) is 11.5 Å². The van der Waals surface area contributed by atoms with Gasteiger partial charge in [-0.05, 0) is 49.6 Å². The lowest BCUT2D eigenvalue weighted by Gasteiger charge is -2.23.